The number of halogens is 2. The number of nitrogens with one attached hydrogen (secondary N) is 1. The van der Waals surface area contributed by atoms with Crippen LogP contribution in [0.2, 0.25) is 0 Å². The molecule has 0 radical (unpaired) electrons. The maximum atomic E-state index is 13.4. The molecule has 1 N–H and O–H groups in total. The van der Waals surface area contributed by atoms with Crippen molar-refractivity contribution in [1.82, 2.24) is 5.32 Å². The van der Waals surface area contributed by atoms with Crippen molar-refractivity contribution in [2.75, 3.05) is 0 Å². The van der Waals surface area contributed by atoms with E-state index in [2.05, 4.69) is 5.32 Å². The van der Waals surface area contributed by atoms with Crippen molar-refractivity contribution >= 4 is 11.7 Å². The molecule has 1 aromatic rings. The van der Waals surface area contributed by atoms with E-state index in [1.807, 2.05) is 0 Å². The molecule has 0 unspecified atom stereocenters. The summed E-state index contributed by atoms with van der Waals surface area (Å²) in [7, 11) is 0. The second-order valence-electron chi connectivity index (χ2n) is 4.77. The van der Waals surface area contributed by atoms with Crippen molar-refractivity contribution < 1.29 is 18.4 Å². The average molecular weight is 267 g/mol. The molecule has 1 amide bonds. The summed E-state index contributed by atoms with van der Waals surface area (Å²) >= 11 is 0. The van der Waals surface area contributed by atoms with Gasteiger partial charge in [-0.05, 0) is 31.0 Å². The third kappa shape index (κ3) is 3.59. The molecule has 5 heteroatoms. The second-order valence-corrected chi connectivity index (χ2v) is 4.77. The Morgan fingerprint density at radius 3 is 2.63 bits per heavy atom. The van der Waals surface area contributed by atoms with E-state index in [-0.39, 0.29) is 29.7 Å². The number of carbonyl (C=O) groups is 2. The Bertz CT molecular complexity index is 492. The Hall–Kier alpha value is -1.78. The minimum absolute atomic E-state index is 0.0348. The molecule has 1 fully saturated rings. The van der Waals surface area contributed by atoms with E-state index in [9.17, 15) is 18.4 Å². The van der Waals surface area contributed by atoms with Crippen LogP contribution in [0.3, 0.4) is 0 Å². The first kappa shape index (κ1) is 13.6. The van der Waals surface area contributed by atoms with Gasteiger partial charge in [-0.15, -0.1) is 0 Å². The normalized spacial score (nSPS) is 16.4. The molecule has 2 rings (SSSR count). The molecule has 1 saturated carbocycles. The van der Waals surface area contributed by atoms with Gasteiger partial charge in [0, 0.05) is 30.9 Å². The van der Waals surface area contributed by atoms with E-state index in [0.717, 1.165) is 18.2 Å². The van der Waals surface area contributed by atoms with Gasteiger partial charge in [0.2, 0.25) is 5.91 Å². The molecular weight excluding hydrogens is 252 g/mol. The van der Waals surface area contributed by atoms with Gasteiger partial charge in [-0.25, -0.2) is 8.78 Å². The Morgan fingerprint density at radius 1 is 1.26 bits per heavy atom. The Morgan fingerprint density at radius 2 is 1.95 bits per heavy atom. The van der Waals surface area contributed by atoms with Gasteiger partial charge in [-0.1, -0.05) is 0 Å². The molecule has 0 spiro atoms. The first-order valence-corrected chi connectivity index (χ1v) is 6.29. The lowest BCUT2D eigenvalue weighted by atomic mass is 9.88. The van der Waals surface area contributed by atoms with Gasteiger partial charge in [0.1, 0.15) is 17.4 Å². The van der Waals surface area contributed by atoms with Gasteiger partial charge in [0.05, 0.1) is 0 Å². The maximum Gasteiger partial charge on any atom is 0.223 e. The zero-order valence-electron chi connectivity index (χ0n) is 10.4. The quantitative estimate of drug-likeness (QED) is 0.913. The number of hydrogen-bond acceptors (Lipinski definition) is 2. The van der Waals surface area contributed by atoms with Crippen LogP contribution in [-0.2, 0) is 16.1 Å². The van der Waals surface area contributed by atoms with Crippen LogP contribution in [0.15, 0.2) is 18.2 Å². The van der Waals surface area contributed by atoms with E-state index in [1.165, 1.54) is 0 Å². The number of carbonyl (C=O) groups excluding carboxylic acids is 2. The number of Topliss-reactive ketones (excluding diaryl/α,β-unsaturated/α-hetero) is 1. The predicted octanol–water partition coefficient (Wildman–Crippen LogP) is 2.34. The van der Waals surface area contributed by atoms with Crippen LogP contribution in [0.25, 0.3) is 0 Å². The first-order chi connectivity index (χ1) is 9.06. The zero-order chi connectivity index (χ0) is 13.8. The van der Waals surface area contributed by atoms with Crippen molar-refractivity contribution in [2.45, 2.75) is 32.2 Å². The molecule has 0 aliphatic heterocycles. The minimum Gasteiger partial charge on any atom is -0.352 e. The molecule has 19 heavy (non-hydrogen) atoms. The number of benzene rings is 1. The van der Waals surface area contributed by atoms with Crippen molar-refractivity contribution in [1.29, 1.82) is 0 Å². The lowest BCUT2D eigenvalue weighted by Crippen LogP contribution is -2.33. The highest BCUT2D eigenvalue weighted by molar-refractivity contribution is 5.84. The fraction of sp³-hybridized carbons (Fsp3) is 0.429. The molecule has 1 aromatic carbocycles. The molecule has 0 atom stereocenters. The number of amides is 1. The highest BCUT2D eigenvalue weighted by atomic mass is 19.1. The maximum absolute atomic E-state index is 13.4. The van der Waals surface area contributed by atoms with E-state index in [4.69, 9.17) is 0 Å². The molecule has 102 valence electrons. The first-order valence-electron chi connectivity index (χ1n) is 6.29. The summed E-state index contributed by atoms with van der Waals surface area (Å²) < 4.78 is 26.3. The SMILES string of the molecule is O=C1CCC(C(=O)NCc2cc(F)ccc2F)CC1. The number of rotatable bonds is 3. The monoisotopic (exact) mass is 267 g/mol. The summed E-state index contributed by atoms with van der Waals surface area (Å²) in [6.45, 7) is -0.0348. The Balaban J connectivity index is 1.89. The van der Waals surface area contributed by atoms with Crippen LogP contribution < -0.4 is 5.32 Å². The smallest absolute Gasteiger partial charge is 0.223 e. The largest absolute Gasteiger partial charge is 0.352 e. The van der Waals surface area contributed by atoms with Gasteiger partial charge >= 0.3 is 0 Å². The average Bonchev–Trinajstić information content (AvgIpc) is 2.40. The van der Waals surface area contributed by atoms with Crippen LogP contribution in [0, 0.1) is 17.6 Å². The summed E-state index contributed by atoms with van der Waals surface area (Å²) in [4.78, 5) is 22.9. The summed E-state index contributed by atoms with van der Waals surface area (Å²) in [5.41, 5.74) is 0.125. The van der Waals surface area contributed by atoms with Crippen LogP contribution in [-0.4, -0.2) is 11.7 Å². The molecule has 0 aromatic heterocycles. The zero-order valence-corrected chi connectivity index (χ0v) is 10.4. The van der Waals surface area contributed by atoms with Crippen molar-refractivity contribution in [3.05, 3.63) is 35.4 Å². The van der Waals surface area contributed by atoms with Gasteiger partial charge in [0.25, 0.3) is 0 Å². The van der Waals surface area contributed by atoms with E-state index < -0.39 is 11.6 Å². The highest BCUT2D eigenvalue weighted by Crippen LogP contribution is 2.21. The molecule has 0 bridgehead atoms. The third-order valence-electron chi connectivity index (χ3n) is 3.37. The summed E-state index contributed by atoms with van der Waals surface area (Å²) in [5.74, 6) is -1.29. The lowest BCUT2D eigenvalue weighted by molar-refractivity contribution is -0.128. The third-order valence-corrected chi connectivity index (χ3v) is 3.37. The molecule has 0 saturated heterocycles. The lowest BCUT2D eigenvalue weighted by Gasteiger charge is -2.20. The molecule has 1 aliphatic carbocycles. The minimum atomic E-state index is -0.541. The van der Waals surface area contributed by atoms with E-state index in [0.29, 0.717) is 25.7 Å². The molecule has 0 heterocycles. The summed E-state index contributed by atoms with van der Waals surface area (Å²) in [6.07, 6.45) is 1.92. The topological polar surface area (TPSA) is 46.2 Å². The second kappa shape index (κ2) is 5.91. The molecular formula is C14H15F2NO2. The van der Waals surface area contributed by atoms with Gasteiger partial charge in [-0.2, -0.15) is 0 Å². The van der Waals surface area contributed by atoms with E-state index >= 15 is 0 Å². The van der Waals surface area contributed by atoms with Crippen molar-refractivity contribution in [3.63, 3.8) is 0 Å². The molecule has 1 aliphatic rings. The van der Waals surface area contributed by atoms with Crippen LogP contribution >= 0.6 is 0 Å². The van der Waals surface area contributed by atoms with E-state index in [1.54, 1.807) is 0 Å². The fourth-order valence-electron chi connectivity index (χ4n) is 2.21. The fourth-order valence-corrected chi connectivity index (χ4v) is 2.21. The number of hydrogen-bond donors (Lipinski definition) is 1. The van der Waals surface area contributed by atoms with Crippen LogP contribution in [0.4, 0.5) is 8.78 Å². The van der Waals surface area contributed by atoms with Crippen molar-refractivity contribution in [2.24, 2.45) is 5.92 Å². The molecule has 3 nitrogen and oxygen atoms in total. The predicted molar refractivity (Wildman–Crippen MR) is 65.2 cm³/mol. The van der Waals surface area contributed by atoms with Crippen molar-refractivity contribution in [3.8, 4) is 0 Å². The van der Waals surface area contributed by atoms with Crippen LogP contribution in [0.1, 0.15) is 31.2 Å². The Kier molecular flexibility index (Phi) is 4.24. The van der Waals surface area contributed by atoms with Gasteiger partial charge in [0.15, 0.2) is 0 Å². The van der Waals surface area contributed by atoms with Gasteiger partial charge in [-0.3, -0.25) is 9.59 Å². The standard InChI is InChI=1S/C14H15F2NO2/c15-11-3-6-13(16)10(7-11)8-17-14(19)9-1-4-12(18)5-2-9/h3,6-7,9H,1-2,4-5,8H2,(H,17,19). The number of ketones is 1. The van der Waals surface area contributed by atoms with Gasteiger partial charge < -0.3 is 5.32 Å². The summed E-state index contributed by atoms with van der Waals surface area (Å²) in [6, 6.07) is 3.14. The highest BCUT2D eigenvalue weighted by Gasteiger charge is 2.24. The Labute approximate surface area is 110 Å². The van der Waals surface area contributed by atoms with Crippen LogP contribution in [0.5, 0.6) is 0 Å². The summed E-state index contributed by atoms with van der Waals surface area (Å²) in [5, 5.41) is 2.59.